The number of rotatable bonds is 6. The minimum Gasteiger partial charge on any atom is -0.255 e. The molecule has 0 aliphatic carbocycles. The van der Waals surface area contributed by atoms with Crippen LogP contribution in [0.2, 0.25) is 0 Å². The third kappa shape index (κ3) is 119. The predicted molar refractivity (Wildman–Crippen MR) is 301 cm³/mol. The second-order valence-corrected chi connectivity index (χ2v) is 7.67. The normalized spacial score (nSPS) is 7.12. The Hall–Kier alpha value is -3.96. The number of hydrogen-bond donors (Lipinski definition) is 0. The first kappa shape index (κ1) is 137. The van der Waals surface area contributed by atoms with E-state index in [2.05, 4.69) is 0 Å². The first-order valence-electron chi connectivity index (χ1n) is 17.9. The summed E-state index contributed by atoms with van der Waals surface area (Å²) < 4.78 is 130. The van der Waals surface area contributed by atoms with Gasteiger partial charge in [0, 0.05) is 0 Å². The minimum atomic E-state index is -1.75. The second kappa shape index (κ2) is 151. The molecule has 0 spiro atoms. The average Bonchev–Trinajstić information content (AvgIpc) is 3.32. The Labute approximate surface area is 420 Å². The second-order valence-electron chi connectivity index (χ2n) is 7.67. The molecule has 4 aromatic carbocycles. The Balaban J connectivity index is -0.0000000193. The highest BCUT2D eigenvalue weighted by atomic mass is 19.3. The van der Waals surface area contributed by atoms with Gasteiger partial charge in [-0.3, -0.25) is 17.6 Å². The fourth-order valence-electron chi connectivity index (χ4n) is 2.64. The predicted octanol–water partition coefficient (Wildman–Crippen LogP) is 25.0. The van der Waals surface area contributed by atoms with E-state index < -0.39 is 32.6 Å². The molecule has 0 amide bonds. The molecule has 0 fully saturated rings. The van der Waals surface area contributed by atoms with Crippen molar-refractivity contribution in [2.24, 2.45) is 0 Å². The van der Waals surface area contributed by atoms with E-state index in [1.165, 1.54) is 6.92 Å². The van der Waals surface area contributed by atoms with Crippen molar-refractivity contribution >= 4 is 0 Å². The Morgan fingerprint density at radius 3 is 0.544 bits per heavy atom. The van der Waals surface area contributed by atoms with Crippen molar-refractivity contribution < 1.29 is 52.7 Å². The van der Waals surface area contributed by atoms with Crippen molar-refractivity contribution in [1.29, 1.82) is 0 Å². The Bertz CT molecular complexity index is 965. The molecule has 0 nitrogen and oxygen atoms in total. The molecule has 2 atom stereocenters. The molecule has 0 saturated carbocycles. The van der Waals surface area contributed by atoms with Crippen LogP contribution in [0.5, 0.6) is 0 Å². The van der Waals surface area contributed by atoms with Crippen LogP contribution in [-0.4, -0.2) is 48.5 Å². The van der Waals surface area contributed by atoms with E-state index >= 15 is 0 Å². The summed E-state index contributed by atoms with van der Waals surface area (Å²) >= 11 is 0. The minimum absolute atomic E-state index is 0. The van der Waals surface area contributed by atoms with Gasteiger partial charge in [-0.05, 0) is 29.2 Å². The lowest BCUT2D eigenvalue weighted by atomic mass is 10.1. The Morgan fingerprint density at radius 2 is 0.441 bits per heavy atom. The molecule has 68 heavy (non-hydrogen) atoms. The van der Waals surface area contributed by atoms with Gasteiger partial charge in [-0.2, -0.15) is 0 Å². The van der Waals surface area contributed by atoms with Crippen LogP contribution in [0.15, 0.2) is 121 Å². The highest BCUT2D eigenvalue weighted by molar-refractivity contribution is 5.18. The molecule has 0 aliphatic heterocycles. The number of benzene rings is 4. The van der Waals surface area contributed by atoms with Crippen molar-refractivity contribution in [1.82, 2.24) is 0 Å². The summed E-state index contributed by atoms with van der Waals surface area (Å²) in [5, 5.41) is 0. The van der Waals surface area contributed by atoms with Gasteiger partial charge in [0.25, 0.3) is 0 Å². The molecule has 12 heteroatoms. The summed E-state index contributed by atoms with van der Waals surface area (Å²) in [6.45, 7) is 12.9. The van der Waals surface area contributed by atoms with Crippen LogP contribution >= 0.6 is 0 Å². The molecular formula is C56H118F12. The van der Waals surface area contributed by atoms with E-state index in [1.54, 1.807) is 84.9 Å². The Morgan fingerprint density at radius 1 is 0.309 bits per heavy atom. The molecule has 0 saturated heterocycles. The lowest BCUT2D eigenvalue weighted by molar-refractivity contribution is 0.266. The van der Waals surface area contributed by atoms with Gasteiger partial charge >= 0.3 is 0 Å². The van der Waals surface area contributed by atoms with Crippen LogP contribution < -0.4 is 0 Å². The fraction of sp³-hybridized carbons (Fsp3) is 0.571. The number of alkyl halides is 12. The summed E-state index contributed by atoms with van der Waals surface area (Å²) in [6.07, 6.45) is -2.91. The molecule has 0 radical (unpaired) electrons. The van der Waals surface area contributed by atoms with Crippen LogP contribution in [0.4, 0.5) is 52.7 Å². The standard InChI is InChI=1S/2C8H8F2.2C7H7F.C2H5F.4C2H6.CH2F2.3CH3F.12CH4/c2*9-6-8(10)7-4-2-1-3-5-7;2*8-6-7-4-2-1-3-5-7;1-2-3;4*1-2;2-1-3;3*1-2;;;;;;;;;;;;/h2*1-5,8H,6H2;2*1-5H,6H2;2H2,1H3;4*1-2H3;1H2;3*1H3;12*1H4. The lowest BCUT2D eigenvalue weighted by Gasteiger charge is -2.00. The molecule has 4 rings (SSSR count). The van der Waals surface area contributed by atoms with Gasteiger partial charge in [-0.25, -0.2) is 35.1 Å². The monoisotopic (exact) mass is 1020 g/mol. The third-order valence-corrected chi connectivity index (χ3v) is 4.59. The third-order valence-electron chi connectivity index (χ3n) is 4.59. The van der Waals surface area contributed by atoms with Crippen LogP contribution in [0, 0.1) is 0 Å². The SMILES string of the molecule is C.C.C.C.C.C.C.C.C.C.C.C.CC.CC.CC.CC.CCF.CF.CF.CF.FCC(F)c1ccccc1.FCC(F)c1ccccc1.FCF.FCc1ccccc1.FCc1ccccc1. The first-order chi connectivity index (χ1) is 27.4. The summed E-state index contributed by atoms with van der Waals surface area (Å²) in [4.78, 5) is 0. The smallest absolute Gasteiger partial charge is 0.229 e. The molecular weight excluding hydrogens is 901 g/mol. The van der Waals surface area contributed by atoms with Crippen molar-refractivity contribution in [2.75, 3.05) is 48.5 Å². The summed E-state index contributed by atoms with van der Waals surface area (Å²) in [7, 11) is 1.50. The molecule has 0 aliphatic rings. The van der Waals surface area contributed by atoms with E-state index in [1.807, 2.05) is 91.8 Å². The van der Waals surface area contributed by atoms with E-state index in [0.717, 1.165) is 11.1 Å². The van der Waals surface area contributed by atoms with Gasteiger partial charge in [0.1, 0.15) is 26.7 Å². The fourth-order valence-corrected chi connectivity index (χ4v) is 2.64. The maximum Gasteiger partial charge on any atom is 0.229 e. The first-order valence-corrected chi connectivity index (χ1v) is 17.9. The maximum absolute atomic E-state index is 12.5. The van der Waals surface area contributed by atoms with Gasteiger partial charge in [0.15, 0.2) is 12.3 Å². The number of halogens is 12. The highest BCUT2D eigenvalue weighted by Crippen LogP contribution is 2.17. The van der Waals surface area contributed by atoms with Gasteiger partial charge in [-0.1, -0.05) is 266 Å². The zero-order valence-electron chi connectivity index (χ0n) is 35.5. The maximum atomic E-state index is 12.5. The van der Waals surface area contributed by atoms with Gasteiger partial charge in [0.2, 0.25) is 6.93 Å². The van der Waals surface area contributed by atoms with Crippen LogP contribution in [0.1, 0.15) is 186 Å². The zero-order valence-corrected chi connectivity index (χ0v) is 35.5. The molecule has 0 heterocycles. The van der Waals surface area contributed by atoms with Crippen LogP contribution in [-0.2, 0) is 13.3 Å². The number of hydrogen-bond acceptors (Lipinski definition) is 0. The molecule has 0 aromatic heterocycles. The molecule has 426 valence electrons. The summed E-state index contributed by atoms with van der Waals surface area (Å²) in [6, 6.07) is 34.7. The van der Waals surface area contributed by atoms with Gasteiger partial charge in [0.05, 0.1) is 28.2 Å². The van der Waals surface area contributed by atoms with Crippen molar-refractivity contribution in [2.45, 2.75) is 177 Å². The van der Waals surface area contributed by atoms with E-state index in [-0.39, 0.29) is 109 Å². The molecule has 4 aromatic rings. The highest BCUT2D eigenvalue weighted by Gasteiger charge is 2.07. The molecule has 2 unspecified atom stereocenters. The van der Waals surface area contributed by atoms with Crippen molar-refractivity contribution in [3.63, 3.8) is 0 Å². The van der Waals surface area contributed by atoms with Gasteiger partial charge in [-0.15, -0.1) is 0 Å². The Kier molecular flexibility index (Phi) is 306. The van der Waals surface area contributed by atoms with Crippen LogP contribution in [0.25, 0.3) is 0 Å². The van der Waals surface area contributed by atoms with E-state index in [9.17, 15) is 52.7 Å². The van der Waals surface area contributed by atoms with Gasteiger partial charge < -0.3 is 0 Å². The molecule has 0 bridgehead atoms. The average molecular weight is 1020 g/mol. The van der Waals surface area contributed by atoms with Crippen molar-refractivity contribution in [3.05, 3.63) is 144 Å². The topological polar surface area (TPSA) is 0 Å². The van der Waals surface area contributed by atoms with E-state index in [0.29, 0.717) is 32.7 Å². The molecule has 0 N–H and O–H groups in total. The quantitative estimate of drug-likeness (QED) is 0.169. The van der Waals surface area contributed by atoms with Crippen molar-refractivity contribution in [3.8, 4) is 0 Å². The zero-order chi connectivity index (χ0) is 45.8. The lowest BCUT2D eigenvalue weighted by Crippen LogP contribution is -1.91. The largest absolute Gasteiger partial charge is 0.255 e. The summed E-state index contributed by atoms with van der Waals surface area (Å²) in [5.74, 6) is 0. The van der Waals surface area contributed by atoms with Crippen LogP contribution in [0.3, 0.4) is 0 Å². The van der Waals surface area contributed by atoms with E-state index in [4.69, 9.17) is 0 Å². The summed E-state index contributed by atoms with van der Waals surface area (Å²) in [5.41, 5.74) is 2.30.